The van der Waals surface area contributed by atoms with Crippen molar-refractivity contribution in [1.29, 1.82) is 0 Å². The first-order valence-electron chi connectivity index (χ1n) is 12.1. The maximum Gasteiger partial charge on any atom is 0.140 e. The number of nitrogens with one attached hydrogen (secondary N) is 1. The van der Waals surface area contributed by atoms with Gasteiger partial charge >= 0.3 is 0 Å². The summed E-state index contributed by atoms with van der Waals surface area (Å²) in [6.45, 7) is 12.1. The van der Waals surface area contributed by atoms with Gasteiger partial charge in [-0.2, -0.15) is 0 Å². The highest BCUT2D eigenvalue weighted by Gasteiger charge is 2.45. The van der Waals surface area contributed by atoms with Crippen molar-refractivity contribution in [3.8, 4) is 0 Å². The molecule has 1 aliphatic heterocycles. The molecule has 0 bridgehead atoms. The van der Waals surface area contributed by atoms with Gasteiger partial charge in [0.1, 0.15) is 11.4 Å². The van der Waals surface area contributed by atoms with E-state index in [0.29, 0.717) is 0 Å². The molecule has 2 nitrogen and oxygen atoms in total. The van der Waals surface area contributed by atoms with Crippen molar-refractivity contribution in [2.24, 2.45) is 4.99 Å². The summed E-state index contributed by atoms with van der Waals surface area (Å²) in [4.78, 5) is 6.05. The summed E-state index contributed by atoms with van der Waals surface area (Å²) in [6, 6.07) is 31.9. The van der Waals surface area contributed by atoms with Crippen LogP contribution in [0.1, 0.15) is 37.5 Å². The Morgan fingerprint density at radius 2 is 1.38 bits per heavy atom. The topological polar surface area (TPSA) is 16.8 Å². The van der Waals surface area contributed by atoms with E-state index in [1.165, 1.54) is 43.7 Å². The van der Waals surface area contributed by atoms with E-state index in [2.05, 4.69) is 106 Å². The van der Waals surface area contributed by atoms with Gasteiger partial charge in [-0.1, -0.05) is 77.9 Å². The average molecular weight is 448 g/mol. The minimum atomic E-state index is -0.0236. The van der Waals surface area contributed by atoms with E-state index in [4.69, 9.17) is 0 Å². The number of nitrogens with zero attached hydrogens (tertiary/aromatic N) is 1. The van der Waals surface area contributed by atoms with Gasteiger partial charge in [-0.15, -0.1) is 0 Å². The largest absolute Gasteiger partial charge is 0.273 e. The maximum absolute atomic E-state index is 4.61. The van der Waals surface area contributed by atoms with Crippen molar-refractivity contribution in [2.75, 3.05) is 6.54 Å². The number of aliphatic imine (C=N–C) groups is 1. The quantitative estimate of drug-likeness (QED) is 0.318. The summed E-state index contributed by atoms with van der Waals surface area (Å²) in [5.41, 5.74) is 7.85. The van der Waals surface area contributed by atoms with E-state index >= 15 is 0 Å². The molecule has 0 aromatic heterocycles. The van der Waals surface area contributed by atoms with Gasteiger partial charge in [0.15, 0.2) is 0 Å². The monoisotopic (exact) mass is 447 g/mol. The predicted octanol–water partition coefficient (Wildman–Crippen LogP) is 7.26. The molecule has 0 saturated heterocycles. The van der Waals surface area contributed by atoms with Crippen LogP contribution in [0.4, 0.5) is 11.4 Å². The number of quaternary nitrogens is 1. The van der Waals surface area contributed by atoms with E-state index in [1.807, 2.05) is 36.5 Å². The third-order valence-corrected chi connectivity index (χ3v) is 6.67. The van der Waals surface area contributed by atoms with Crippen LogP contribution in [0.2, 0.25) is 0 Å². The van der Waals surface area contributed by atoms with Crippen LogP contribution in [0.5, 0.6) is 0 Å². The zero-order chi connectivity index (χ0) is 24.1. The van der Waals surface area contributed by atoms with E-state index < -0.39 is 0 Å². The van der Waals surface area contributed by atoms with Crippen LogP contribution < -0.4 is 4.90 Å². The Morgan fingerprint density at radius 3 is 2.03 bits per heavy atom. The fourth-order valence-corrected chi connectivity index (χ4v) is 4.89. The Balaban J connectivity index is 0.000000291. The van der Waals surface area contributed by atoms with Crippen molar-refractivity contribution in [3.63, 3.8) is 0 Å². The van der Waals surface area contributed by atoms with Crippen molar-refractivity contribution in [1.82, 2.24) is 0 Å². The molecule has 4 aromatic rings. The standard InChI is InChI=1S/C24H24N2.C8H10/c1-4-26-21-15-14-18-10-8-9-13-20(18)23(21)24(2,3)22(26)16-17-25-19-11-6-5-7-12-19;1-7-3-5-8(2)6-4-7/h5-17H,4H2,1-3H3;3-6H,1-2H3/p+1/b22-16-,25-17?;. The van der Waals surface area contributed by atoms with Gasteiger partial charge in [0.2, 0.25) is 0 Å². The summed E-state index contributed by atoms with van der Waals surface area (Å²) in [5, 5.41) is 2.68. The molecule has 0 amide bonds. The first-order chi connectivity index (χ1) is 16.4. The highest BCUT2D eigenvalue weighted by Crippen LogP contribution is 2.42. The summed E-state index contributed by atoms with van der Waals surface area (Å²) < 4.78 is 0. The number of likely N-dealkylation sites (N-methyl/N-ethyl adjacent to an activating group) is 1. The minimum Gasteiger partial charge on any atom is -0.273 e. The van der Waals surface area contributed by atoms with Gasteiger partial charge < -0.3 is 0 Å². The molecular formula is C32H35N2+. The lowest BCUT2D eigenvalue weighted by atomic mass is 9.81. The van der Waals surface area contributed by atoms with Gasteiger partial charge in [-0.3, -0.25) is 9.89 Å². The molecule has 0 radical (unpaired) electrons. The maximum atomic E-state index is 4.61. The van der Waals surface area contributed by atoms with Gasteiger partial charge in [0, 0.05) is 23.9 Å². The first-order valence-corrected chi connectivity index (χ1v) is 12.1. The Labute approximate surface area is 204 Å². The Kier molecular flexibility index (Phi) is 7.09. The third-order valence-electron chi connectivity index (χ3n) is 6.67. The fraction of sp³-hybridized carbons (Fsp3) is 0.219. The smallest absolute Gasteiger partial charge is 0.140 e. The number of hydrogen-bond donors (Lipinski definition) is 1. The van der Waals surface area contributed by atoms with Crippen molar-refractivity contribution < 1.29 is 4.90 Å². The zero-order valence-corrected chi connectivity index (χ0v) is 21.0. The lowest BCUT2D eigenvalue weighted by molar-refractivity contribution is -0.786. The summed E-state index contributed by atoms with van der Waals surface area (Å²) in [6.07, 6.45) is 4.16. The number of hydrogen-bond acceptors (Lipinski definition) is 1. The van der Waals surface area contributed by atoms with E-state index in [9.17, 15) is 0 Å². The zero-order valence-electron chi connectivity index (χ0n) is 21.0. The van der Waals surface area contributed by atoms with E-state index in [-0.39, 0.29) is 5.41 Å². The minimum absolute atomic E-state index is 0.0236. The fourth-order valence-electron chi connectivity index (χ4n) is 4.89. The average Bonchev–Trinajstić information content (AvgIpc) is 3.08. The molecular weight excluding hydrogens is 412 g/mol. The van der Waals surface area contributed by atoms with Crippen LogP contribution in [0.15, 0.2) is 108 Å². The Morgan fingerprint density at radius 1 is 0.765 bits per heavy atom. The SMILES string of the molecule is CC[NH+]1/C(=C\C=Nc2ccccc2)C(C)(C)c2c1ccc1ccccc21.Cc1ccc(C)cc1. The van der Waals surface area contributed by atoms with Gasteiger partial charge in [-0.05, 0) is 63.6 Å². The Bertz CT molecular complexity index is 1290. The molecule has 5 rings (SSSR count). The number of rotatable bonds is 3. The van der Waals surface area contributed by atoms with Crippen LogP contribution in [0, 0.1) is 13.8 Å². The summed E-state index contributed by atoms with van der Waals surface area (Å²) in [7, 11) is 0. The second kappa shape index (κ2) is 10.2. The van der Waals surface area contributed by atoms with Crippen LogP contribution >= 0.6 is 0 Å². The van der Waals surface area contributed by atoms with Crippen LogP contribution in [0.3, 0.4) is 0 Å². The van der Waals surface area contributed by atoms with Gasteiger partial charge in [0.05, 0.1) is 17.6 Å². The number of para-hydroxylation sites is 1. The van der Waals surface area contributed by atoms with Crippen LogP contribution in [-0.4, -0.2) is 12.8 Å². The molecule has 4 aromatic carbocycles. The highest BCUT2D eigenvalue weighted by atomic mass is 15.2. The molecule has 0 fully saturated rings. The molecule has 1 heterocycles. The van der Waals surface area contributed by atoms with Crippen molar-refractivity contribution in [3.05, 3.63) is 119 Å². The third kappa shape index (κ3) is 4.88. The molecule has 0 spiro atoms. The lowest BCUT2D eigenvalue weighted by Crippen LogP contribution is -3.04. The number of aryl methyl sites for hydroxylation is 2. The molecule has 0 saturated carbocycles. The van der Waals surface area contributed by atoms with Gasteiger partial charge in [-0.25, -0.2) is 0 Å². The van der Waals surface area contributed by atoms with Crippen LogP contribution in [0.25, 0.3) is 10.8 Å². The summed E-state index contributed by atoms with van der Waals surface area (Å²) >= 11 is 0. The first kappa shape index (κ1) is 23.7. The van der Waals surface area contributed by atoms with Crippen LogP contribution in [-0.2, 0) is 5.41 Å². The highest BCUT2D eigenvalue weighted by molar-refractivity contribution is 5.91. The second-order valence-corrected chi connectivity index (χ2v) is 9.52. The molecule has 2 heteroatoms. The van der Waals surface area contributed by atoms with Crippen molar-refractivity contribution >= 4 is 28.4 Å². The molecule has 1 N–H and O–H groups in total. The number of allylic oxidation sites excluding steroid dienone is 2. The lowest BCUT2D eigenvalue weighted by Gasteiger charge is -2.20. The molecule has 1 aliphatic rings. The summed E-state index contributed by atoms with van der Waals surface area (Å²) in [5.74, 6) is 0. The van der Waals surface area contributed by atoms with Crippen molar-refractivity contribution in [2.45, 2.75) is 40.0 Å². The molecule has 172 valence electrons. The van der Waals surface area contributed by atoms with E-state index in [0.717, 1.165) is 12.2 Å². The second-order valence-electron chi connectivity index (χ2n) is 9.52. The normalized spacial score (nSPS) is 17.6. The van der Waals surface area contributed by atoms with E-state index in [1.54, 1.807) is 0 Å². The molecule has 1 atom stereocenters. The number of fused-ring (bicyclic) bond motifs is 3. The predicted molar refractivity (Wildman–Crippen MR) is 147 cm³/mol. The Hall–Kier alpha value is -3.49. The molecule has 34 heavy (non-hydrogen) atoms. The number of benzene rings is 4. The molecule has 0 aliphatic carbocycles. The molecule has 1 unspecified atom stereocenters. The van der Waals surface area contributed by atoms with Gasteiger partial charge in [0.25, 0.3) is 0 Å².